The molecule has 170 valence electrons. The molecule has 6 rings (SSSR count). The largest absolute Gasteiger partial charge is 0.356 e. The van der Waals surface area contributed by atoms with Crippen LogP contribution in [0.4, 0.5) is 17.7 Å². The van der Waals surface area contributed by atoms with Crippen LogP contribution in [0, 0.1) is 0 Å². The van der Waals surface area contributed by atoms with Crippen molar-refractivity contribution < 1.29 is 9.53 Å². The number of rotatable bonds is 5. The van der Waals surface area contributed by atoms with E-state index in [1.165, 1.54) is 0 Å². The molecule has 0 spiro atoms. The number of aromatic nitrogens is 5. The summed E-state index contributed by atoms with van der Waals surface area (Å²) in [5.41, 5.74) is 1.98. The SMILES string of the molecule is O=C1NCOC/C1=C\c1cnn2c(NC3CC3)nc(N3CCN(c4ccccn4)CC3)nc12. The fourth-order valence-corrected chi connectivity index (χ4v) is 4.06. The minimum Gasteiger partial charge on any atom is -0.356 e. The number of carbonyl (C=O) groups excluding carboxylic acids is 1. The normalized spacial score (nSPS) is 20.4. The molecule has 11 nitrogen and oxygen atoms in total. The van der Waals surface area contributed by atoms with E-state index in [0.717, 1.165) is 50.4 Å². The Morgan fingerprint density at radius 1 is 1.12 bits per heavy atom. The van der Waals surface area contributed by atoms with Crippen LogP contribution in [0.5, 0.6) is 0 Å². The van der Waals surface area contributed by atoms with Crippen molar-refractivity contribution in [3.05, 3.63) is 41.7 Å². The number of hydrogen-bond donors (Lipinski definition) is 2. The number of nitrogens with one attached hydrogen (secondary N) is 2. The summed E-state index contributed by atoms with van der Waals surface area (Å²) in [7, 11) is 0. The molecule has 0 unspecified atom stereocenters. The first-order chi connectivity index (χ1) is 16.2. The Balaban J connectivity index is 1.31. The number of fused-ring (bicyclic) bond motifs is 1. The Hall–Kier alpha value is -3.73. The van der Waals surface area contributed by atoms with Gasteiger partial charge < -0.3 is 25.2 Å². The van der Waals surface area contributed by atoms with Crippen LogP contribution in [0.15, 0.2) is 36.2 Å². The Morgan fingerprint density at radius 2 is 1.97 bits per heavy atom. The summed E-state index contributed by atoms with van der Waals surface area (Å²) in [6.45, 7) is 3.75. The lowest BCUT2D eigenvalue weighted by molar-refractivity contribution is -0.122. The van der Waals surface area contributed by atoms with E-state index in [1.807, 2.05) is 24.4 Å². The molecule has 1 amide bonds. The molecule has 2 saturated heterocycles. The van der Waals surface area contributed by atoms with Crippen LogP contribution in [-0.2, 0) is 9.53 Å². The predicted octanol–water partition coefficient (Wildman–Crippen LogP) is 0.908. The van der Waals surface area contributed by atoms with Crippen LogP contribution in [-0.4, -0.2) is 76.0 Å². The van der Waals surface area contributed by atoms with E-state index in [4.69, 9.17) is 14.7 Å². The third-order valence-electron chi connectivity index (χ3n) is 6.04. The number of piperazine rings is 1. The van der Waals surface area contributed by atoms with Gasteiger partial charge in [-0.15, -0.1) is 0 Å². The molecule has 2 aliphatic heterocycles. The second kappa shape index (κ2) is 8.32. The van der Waals surface area contributed by atoms with Gasteiger partial charge in [-0.1, -0.05) is 6.07 Å². The van der Waals surface area contributed by atoms with Crippen molar-refractivity contribution in [2.75, 3.05) is 54.6 Å². The van der Waals surface area contributed by atoms with E-state index < -0.39 is 0 Å². The number of anilines is 3. The molecule has 0 bridgehead atoms. The minimum absolute atomic E-state index is 0.128. The highest BCUT2D eigenvalue weighted by molar-refractivity contribution is 5.99. The lowest BCUT2D eigenvalue weighted by Gasteiger charge is -2.35. The molecule has 1 aliphatic carbocycles. The van der Waals surface area contributed by atoms with Gasteiger partial charge in [0.25, 0.3) is 5.91 Å². The Morgan fingerprint density at radius 3 is 2.73 bits per heavy atom. The monoisotopic (exact) mass is 447 g/mol. The van der Waals surface area contributed by atoms with Crippen LogP contribution in [0.3, 0.4) is 0 Å². The summed E-state index contributed by atoms with van der Waals surface area (Å²) in [5.74, 6) is 2.20. The summed E-state index contributed by atoms with van der Waals surface area (Å²) in [6, 6.07) is 6.39. The van der Waals surface area contributed by atoms with E-state index in [9.17, 15) is 4.79 Å². The van der Waals surface area contributed by atoms with Gasteiger partial charge in [0.2, 0.25) is 11.9 Å². The summed E-state index contributed by atoms with van der Waals surface area (Å²) in [5, 5.41) is 10.7. The van der Waals surface area contributed by atoms with E-state index in [1.54, 1.807) is 16.8 Å². The standard InChI is InChI=1S/C22H25N9O2/c32-20-16(13-33-14-24-20)11-15-12-25-31-19(15)27-21(28-22(31)26-17-4-5-17)30-9-7-29(8-10-30)18-3-1-2-6-23-18/h1-3,6,11-12,17H,4-5,7-10,13-14H2,(H,24,32)(H,26,27,28)/b16-11+. The van der Waals surface area contributed by atoms with Crippen molar-refractivity contribution in [1.82, 2.24) is 29.9 Å². The molecule has 3 aromatic rings. The maximum absolute atomic E-state index is 12.2. The van der Waals surface area contributed by atoms with Crippen LogP contribution >= 0.6 is 0 Å². The van der Waals surface area contributed by atoms with E-state index >= 15 is 0 Å². The van der Waals surface area contributed by atoms with E-state index in [2.05, 4.69) is 30.5 Å². The topological polar surface area (TPSA) is 113 Å². The van der Waals surface area contributed by atoms with Gasteiger partial charge in [0.05, 0.1) is 12.8 Å². The lowest BCUT2D eigenvalue weighted by atomic mass is 10.1. The first-order valence-corrected chi connectivity index (χ1v) is 11.2. The maximum Gasteiger partial charge on any atom is 0.251 e. The number of hydrogen-bond acceptors (Lipinski definition) is 9. The minimum atomic E-state index is -0.128. The Kier molecular flexibility index (Phi) is 5.02. The molecule has 3 fully saturated rings. The molecule has 0 atom stereocenters. The number of ether oxygens (including phenoxy) is 1. The molecule has 3 aromatic heterocycles. The molecule has 2 N–H and O–H groups in total. The van der Waals surface area contributed by atoms with Crippen LogP contribution in [0.1, 0.15) is 18.4 Å². The van der Waals surface area contributed by atoms with Gasteiger partial charge in [-0.3, -0.25) is 4.79 Å². The van der Waals surface area contributed by atoms with Crippen molar-refractivity contribution in [3.8, 4) is 0 Å². The smallest absolute Gasteiger partial charge is 0.251 e. The summed E-state index contributed by atoms with van der Waals surface area (Å²) in [4.78, 5) is 30.8. The summed E-state index contributed by atoms with van der Waals surface area (Å²) >= 11 is 0. The molecular weight excluding hydrogens is 422 g/mol. The fraction of sp³-hybridized carbons (Fsp3) is 0.409. The molecule has 33 heavy (non-hydrogen) atoms. The molecule has 0 aromatic carbocycles. The number of pyridine rings is 1. The third-order valence-corrected chi connectivity index (χ3v) is 6.04. The maximum atomic E-state index is 12.2. The molecule has 3 aliphatic rings. The average molecular weight is 448 g/mol. The van der Waals surface area contributed by atoms with Gasteiger partial charge in [-0.2, -0.15) is 19.6 Å². The first kappa shape index (κ1) is 19.9. The van der Waals surface area contributed by atoms with Gasteiger partial charge in [0, 0.05) is 49.6 Å². The van der Waals surface area contributed by atoms with Gasteiger partial charge in [-0.25, -0.2) is 4.98 Å². The molecular formula is C22H25N9O2. The summed E-state index contributed by atoms with van der Waals surface area (Å²) in [6.07, 6.45) is 7.59. The lowest BCUT2D eigenvalue weighted by Crippen LogP contribution is -2.47. The predicted molar refractivity (Wildman–Crippen MR) is 123 cm³/mol. The summed E-state index contributed by atoms with van der Waals surface area (Å²) < 4.78 is 7.10. The highest BCUT2D eigenvalue weighted by Crippen LogP contribution is 2.27. The van der Waals surface area contributed by atoms with Crippen molar-refractivity contribution >= 4 is 35.3 Å². The van der Waals surface area contributed by atoms with Crippen molar-refractivity contribution in [2.24, 2.45) is 0 Å². The van der Waals surface area contributed by atoms with Gasteiger partial charge in [0.15, 0.2) is 5.65 Å². The van der Waals surface area contributed by atoms with Crippen LogP contribution < -0.4 is 20.4 Å². The van der Waals surface area contributed by atoms with Crippen molar-refractivity contribution in [1.29, 1.82) is 0 Å². The van der Waals surface area contributed by atoms with E-state index in [-0.39, 0.29) is 19.2 Å². The molecule has 11 heteroatoms. The van der Waals surface area contributed by atoms with Crippen molar-refractivity contribution in [3.63, 3.8) is 0 Å². The highest BCUT2D eigenvalue weighted by atomic mass is 16.5. The number of amides is 1. The zero-order valence-corrected chi connectivity index (χ0v) is 18.1. The molecule has 0 radical (unpaired) electrons. The Labute approximate surface area is 190 Å². The second-order valence-corrected chi connectivity index (χ2v) is 8.43. The highest BCUT2D eigenvalue weighted by Gasteiger charge is 2.26. The van der Waals surface area contributed by atoms with Crippen LogP contribution in [0.25, 0.3) is 11.7 Å². The zero-order valence-electron chi connectivity index (χ0n) is 18.1. The van der Waals surface area contributed by atoms with Gasteiger partial charge >= 0.3 is 0 Å². The first-order valence-electron chi connectivity index (χ1n) is 11.2. The van der Waals surface area contributed by atoms with E-state index in [0.29, 0.717) is 29.2 Å². The zero-order chi connectivity index (χ0) is 22.2. The van der Waals surface area contributed by atoms with Crippen molar-refractivity contribution in [2.45, 2.75) is 18.9 Å². The molecule has 5 heterocycles. The number of nitrogens with zero attached hydrogens (tertiary/aromatic N) is 7. The fourth-order valence-electron chi connectivity index (χ4n) is 4.06. The molecule has 1 saturated carbocycles. The van der Waals surface area contributed by atoms with Crippen LogP contribution in [0.2, 0.25) is 0 Å². The van der Waals surface area contributed by atoms with Gasteiger partial charge in [0.1, 0.15) is 12.5 Å². The quantitative estimate of drug-likeness (QED) is 0.551. The average Bonchev–Trinajstić information content (AvgIpc) is 3.59. The van der Waals surface area contributed by atoms with Gasteiger partial charge in [-0.05, 0) is 31.1 Å². The second-order valence-electron chi connectivity index (χ2n) is 8.43. The third kappa shape index (κ3) is 4.07. The Bertz CT molecular complexity index is 1200. The number of carbonyl (C=O) groups is 1.